The maximum absolute atomic E-state index is 5.34. The highest BCUT2D eigenvalue weighted by atomic mass is 79.9. The maximum Gasteiger partial charge on any atom is 0.185 e. The molecule has 2 rings (SSSR count). The van der Waals surface area contributed by atoms with Crippen molar-refractivity contribution in [2.45, 2.75) is 32.5 Å². The minimum Gasteiger partial charge on any atom is -0.338 e. The Hall–Kier alpha value is -0.650. The van der Waals surface area contributed by atoms with E-state index in [0.29, 0.717) is 6.04 Å². The van der Waals surface area contributed by atoms with Crippen LogP contribution in [0.25, 0.3) is 0 Å². The summed E-state index contributed by atoms with van der Waals surface area (Å²) in [5.41, 5.74) is 4.23. The first kappa shape index (κ1) is 12.8. The van der Waals surface area contributed by atoms with Gasteiger partial charge in [-0.1, -0.05) is 28.1 Å². The van der Waals surface area contributed by atoms with Crippen LogP contribution in [0.15, 0.2) is 28.7 Å². The Morgan fingerprint density at radius 3 is 2.65 bits per heavy atom. The van der Waals surface area contributed by atoms with Gasteiger partial charge in [0.1, 0.15) is 5.66 Å². The average Bonchev–Trinajstić information content (AvgIpc) is 2.56. The quantitative estimate of drug-likeness (QED) is 0.821. The molecule has 0 amide bonds. The zero-order chi connectivity index (χ0) is 12.6. The highest BCUT2D eigenvalue weighted by Crippen LogP contribution is 2.26. The smallest absolute Gasteiger partial charge is 0.185 e. The number of nitrogens with one attached hydrogen (secondary N) is 2. The van der Waals surface area contributed by atoms with Crippen LogP contribution in [0.3, 0.4) is 0 Å². The third-order valence-corrected chi connectivity index (χ3v) is 3.63. The lowest BCUT2D eigenvalue weighted by Gasteiger charge is -2.27. The van der Waals surface area contributed by atoms with Crippen molar-refractivity contribution in [1.82, 2.24) is 15.8 Å². The molecule has 0 spiro atoms. The topological polar surface area (TPSA) is 27.3 Å². The second kappa shape index (κ2) is 4.55. The molecule has 0 unspecified atom stereocenters. The van der Waals surface area contributed by atoms with Gasteiger partial charge in [0.2, 0.25) is 0 Å². The van der Waals surface area contributed by atoms with Gasteiger partial charge in [-0.05, 0) is 50.7 Å². The molecular formula is C12H16BrN3S. The lowest BCUT2D eigenvalue weighted by atomic mass is 10.0. The van der Waals surface area contributed by atoms with Gasteiger partial charge in [-0.15, -0.1) is 0 Å². The SMILES string of the molecule is CC(C)N1N[C@@](C)(c2cccc(Br)c2)NC1=S. The standard InChI is InChI=1S/C12H16BrN3S/c1-8(2)16-11(17)14-12(3,15-16)9-5-4-6-10(13)7-9/h4-8,15H,1-3H3,(H,14,17)/t12-/m0/s1. The minimum absolute atomic E-state index is 0.323. The van der Waals surface area contributed by atoms with Crippen molar-refractivity contribution in [2.75, 3.05) is 0 Å². The monoisotopic (exact) mass is 313 g/mol. The highest BCUT2D eigenvalue weighted by molar-refractivity contribution is 9.10. The molecule has 0 radical (unpaired) electrons. The molecule has 0 saturated carbocycles. The number of benzene rings is 1. The largest absolute Gasteiger partial charge is 0.338 e. The van der Waals surface area contributed by atoms with E-state index in [1.165, 1.54) is 0 Å². The van der Waals surface area contributed by atoms with Crippen molar-refractivity contribution >= 4 is 33.3 Å². The van der Waals surface area contributed by atoms with Gasteiger partial charge < -0.3 is 5.32 Å². The van der Waals surface area contributed by atoms with Crippen LogP contribution in [0.2, 0.25) is 0 Å². The summed E-state index contributed by atoms with van der Waals surface area (Å²) in [5.74, 6) is 0. The second-order valence-corrected chi connectivity index (χ2v) is 5.94. The summed E-state index contributed by atoms with van der Waals surface area (Å²) in [4.78, 5) is 0. The second-order valence-electron chi connectivity index (χ2n) is 4.64. The van der Waals surface area contributed by atoms with Crippen molar-refractivity contribution in [1.29, 1.82) is 0 Å². The molecule has 1 atom stereocenters. The average molecular weight is 314 g/mol. The zero-order valence-corrected chi connectivity index (χ0v) is 12.5. The molecule has 2 N–H and O–H groups in total. The third kappa shape index (κ3) is 2.46. The molecule has 3 nitrogen and oxygen atoms in total. The third-order valence-electron chi connectivity index (χ3n) is 2.84. The van der Waals surface area contributed by atoms with Crippen molar-refractivity contribution in [3.8, 4) is 0 Å². The van der Waals surface area contributed by atoms with Crippen LogP contribution >= 0.6 is 28.1 Å². The number of hydrogen-bond acceptors (Lipinski definition) is 2. The molecule has 5 heteroatoms. The number of halogens is 1. The van der Waals surface area contributed by atoms with Crippen LogP contribution in [0, 0.1) is 0 Å². The van der Waals surface area contributed by atoms with Crippen LogP contribution < -0.4 is 10.7 Å². The van der Waals surface area contributed by atoms with E-state index in [9.17, 15) is 0 Å². The molecule has 1 aliphatic rings. The van der Waals surface area contributed by atoms with Gasteiger partial charge in [-0.2, -0.15) is 0 Å². The zero-order valence-electron chi connectivity index (χ0n) is 10.1. The van der Waals surface area contributed by atoms with E-state index in [1.807, 2.05) is 17.1 Å². The van der Waals surface area contributed by atoms with E-state index in [-0.39, 0.29) is 5.66 Å². The van der Waals surface area contributed by atoms with Crippen LogP contribution in [-0.2, 0) is 5.66 Å². The molecular weight excluding hydrogens is 298 g/mol. The predicted octanol–water partition coefficient (Wildman–Crippen LogP) is 2.72. The number of thiocarbonyl (C=S) groups is 1. The lowest BCUT2D eigenvalue weighted by Crippen LogP contribution is -2.47. The molecule has 1 saturated heterocycles. The van der Waals surface area contributed by atoms with Crippen molar-refractivity contribution in [3.05, 3.63) is 34.3 Å². The molecule has 17 heavy (non-hydrogen) atoms. The Kier molecular flexibility index (Phi) is 3.43. The van der Waals surface area contributed by atoms with Gasteiger partial charge in [0.05, 0.1) is 0 Å². The van der Waals surface area contributed by atoms with Crippen LogP contribution in [0.4, 0.5) is 0 Å². The van der Waals surface area contributed by atoms with E-state index in [4.69, 9.17) is 12.2 Å². The summed E-state index contributed by atoms with van der Waals surface area (Å²) >= 11 is 8.83. The normalized spacial score (nSPS) is 24.3. The molecule has 0 aromatic heterocycles. The fraction of sp³-hybridized carbons (Fsp3) is 0.417. The maximum atomic E-state index is 5.34. The van der Waals surface area contributed by atoms with Crippen LogP contribution in [0.1, 0.15) is 26.3 Å². The first-order valence-corrected chi connectivity index (χ1v) is 6.78. The number of rotatable bonds is 2. The first-order valence-electron chi connectivity index (χ1n) is 5.57. The Balaban J connectivity index is 2.30. The summed E-state index contributed by atoms with van der Waals surface area (Å²) < 4.78 is 1.06. The van der Waals surface area contributed by atoms with Gasteiger partial charge in [-0.25, -0.2) is 5.43 Å². The summed E-state index contributed by atoms with van der Waals surface area (Å²) in [5, 5.41) is 6.05. The van der Waals surface area contributed by atoms with Crippen molar-refractivity contribution in [3.63, 3.8) is 0 Å². The molecule has 1 fully saturated rings. The van der Waals surface area contributed by atoms with Crippen molar-refractivity contribution in [2.24, 2.45) is 0 Å². The summed E-state index contributed by atoms with van der Waals surface area (Å²) in [6, 6.07) is 8.53. The highest BCUT2D eigenvalue weighted by Gasteiger charge is 2.38. The summed E-state index contributed by atoms with van der Waals surface area (Å²) in [6.07, 6.45) is 0. The fourth-order valence-electron chi connectivity index (χ4n) is 1.89. The Bertz CT molecular complexity index is 449. The lowest BCUT2D eigenvalue weighted by molar-refractivity contribution is 0.202. The molecule has 1 aromatic rings. The Labute approximate surface area is 116 Å². The van der Waals surface area contributed by atoms with Crippen molar-refractivity contribution < 1.29 is 0 Å². The minimum atomic E-state index is -0.342. The van der Waals surface area contributed by atoms with Gasteiger partial charge in [-0.3, -0.25) is 5.01 Å². The Morgan fingerprint density at radius 2 is 2.12 bits per heavy atom. The van der Waals surface area contributed by atoms with Gasteiger partial charge in [0.15, 0.2) is 5.11 Å². The Morgan fingerprint density at radius 1 is 1.41 bits per heavy atom. The predicted molar refractivity (Wildman–Crippen MR) is 77.3 cm³/mol. The van der Waals surface area contributed by atoms with E-state index in [2.05, 4.69) is 59.6 Å². The van der Waals surface area contributed by atoms with Crippen LogP contribution in [-0.4, -0.2) is 16.2 Å². The van der Waals surface area contributed by atoms with Gasteiger partial charge in [0.25, 0.3) is 0 Å². The van der Waals surface area contributed by atoms with Gasteiger partial charge >= 0.3 is 0 Å². The van der Waals surface area contributed by atoms with E-state index in [0.717, 1.165) is 15.1 Å². The number of nitrogens with zero attached hydrogens (tertiary/aromatic N) is 1. The molecule has 1 aliphatic heterocycles. The molecule has 1 aromatic carbocycles. The van der Waals surface area contributed by atoms with Gasteiger partial charge in [0, 0.05) is 10.5 Å². The molecule has 0 aliphatic carbocycles. The summed E-state index contributed by atoms with van der Waals surface area (Å²) in [7, 11) is 0. The van der Waals surface area contributed by atoms with E-state index >= 15 is 0 Å². The van der Waals surface area contributed by atoms with E-state index < -0.39 is 0 Å². The fourth-order valence-corrected chi connectivity index (χ4v) is 2.75. The number of hydrogen-bond donors (Lipinski definition) is 2. The number of hydrazine groups is 1. The van der Waals surface area contributed by atoms with E-state index in [1.54, 1.807) is 0 Å². The first-order chi connectivity index (χ1) is 7.92. The molecule has 1 heterocycles. The van der Waals surface area contributed by atoms with Crippen LogP contribution in [0.5, 0.6) is 0 Å². The summed E-state index contributed by atoms with van der Waals surface area (Å²) in [6.45, 7) is 6.30. The molecule has 92 valence electrons. The molecule has 0 bridgehead atoms.